The van der Waals surface area contributed by atoms with Crippen LogP contribution in [-0.4, -0.2) is 16.5 Å². The van der Waals surface area contributed by atoms with Crippen molar-refractivity contribution in [2.24, 2.45) is 0 Å². The van der Waals surface area contributed by atoms with Gasteiger partial charge in [0.1, 0.15) is 5.01 Å². The number of thiazole rings is 1. The average Bonchev–Trinajstić information content (AvgIpc) is 3.35. The summed E-state index contributed by atoms with van der Waals surface area (Å²) in [5.74, 6) is 0.594. The molecule has 1 heterocycles. The van der Waals surface area contributed by atoms with Gasteiger partial charge in [-0.15, -0.1) is 11.3 Å². The summed E-state index contributed by atoms with van der Waals surface area (Å²) in [6.07, 6.45) is 4.45. The zero-order valence-corrected chi connectivity index (χ0v) is 21.4. The van der Waals surface area contributed by atoms with E-state index in [1.165, 1.54) is 57.3 Å². The van der Waals surface area contributed by atoms with E-state index < -0.39 is 0 Å². The lowest BCUT2D eigenvalue weighted by Gasteiger charge is -2.12. The summed E-state index contributed by atoms with van der Waals surface area (Å²) in [6.45, 7) is 2.79. The fraction of sp³-hybridized carbons (Fsp3) is 0.194. The highest BCUT2D eigenvalue weighted by molar-refractivity contribution is 7.18. The maximum atomic E-state index is 11.2. The molecule has 0 spiro atoms. The lowest BCUT2D eigenvalue weighted by atomic mass is 9.92. The highest BCUT2D eigenvalue weighted by atomic mass is 32.1. The van der Waals surface area contributed by atoms with E-state index in [1.54, 1.807) is 23.5 Å². The van der Waals surface area contributed by atoms with E-state index in [0.29, 0.717) is 12.5 Å². The summed E-state index contributed by atoms with van der Waals surface area (Å²) in [5, 5.41) is 19.4. The zero-order chi connectivity index (χ0) is 25.4. The fourth-order valence-electron chi connectivity index (χ4n) is 5.06. The van der Waals surface area contributed by atoms with E-state index >= 15 is 0 Å². The van der Waals surface area contributed by atoms with Crippen LogP contribution in [-0.2, 0) is 0 Å². The first-order valence-corrected chi connectivity index (χ1v) is 13.5. The van der Waals surface area contributed by atoms with Gasteiger partial charge in [-0.2, -0.15) is 0 Å². The summed E-state index contributed by atoms with van der Waals surface area (Å²) in [6, 6.07) is 26.1. The van der Waals surface area contributed by atoms with Gasteiger partial charge in [-0.25, -0.2) is 4.98 Å². The normalized spacial score (nSPS) is 11.6. The number of hydrogen-bond donors (Lipinski definition) is 0. The lowest BCUT2D eigenvalue weighted by Crippen LogP contribution is -1.98. The third kappa shape index (κ3) is 4.27. The monoisotopic (exact) mass is 506 g/mol. The maximum absolute atomic E-state index is 11.2. The number of benzene rings is 5. The Kier molecular flexibility index (Phi) is 6.18. The standard InChI is InChI=1S/C31H26N2O3S/c1-2-3-4-5-19-36-30-29(23-11-15-24(16-12-23)33(34)35)37-31(32-30)26-18-14-22-10-9-20-7-6-8-21-13-17-25(26)28(22)27(20)21/h6-18H,2-5,19H2,1H3. The van der Waals surface area contributed by atoms with Crippen molar-refractivity contribution in [1.82, 2.24) is 4.98 Å². The van der Waals surface area contributed by atoms with E-state index in [1.807, 2.05) is 0 Å². The van der Waals surface area contributed by atoms with Crippen molar-refractivity contribution >= 4 is 49.3 Å². The molecule has 5 aromatic carbocycles. The van der Waals surface area contributed by atoms with Crippen molar-refractivity contribution in [3.8, 4) is 26.9 Å². The van der Waals surface area contributed by atoms with E-state index in [0.717, 1.165) is 33.9 Å². The van der Waals surface area contributed by atoms with Crippen LogP contribution in [0.2, 0.25) is 0 Å². The van der Waals surface area contributed by atoms with Crippen LogP contribution < -0.4 is 4.74 Å². The van der Waals surface area contributed by atoms with Crippen molar-refractivity contribution in [3.63, 3.8) is 0 Å². The van der Waals surface area contributed by atoms with E-state index in [-0.39, 0.29) is 10.6 Å². The van der Waals surface area contributed by atoms with Gasteiger partial charge in [0.05, 0.1) is 16.4 Å². The highest BCUT2D eigenvalue weighted by Gasteiger charge is 2.20. The number of aromatic nitrogens is 1. The van der Waals surface area contributed by atoms with E-state index in [2.05, 4.69) is 61.5 Å². The Morgan fingerprint density at radius 1 is 0.838 bits per heavy atom. The number of non-ortho nitro benzene ring substituents is 1. The molecular formula is C31H26N2O3S. The van der Waals surface area contributed by atoms with Crippen LogP contribution in [0, 0.1) is 10.1 Å². The molecule has 0 bridgehead atoms. The Hall–Kier alpha value is -4.03. The van der Waals surface area contributed by atoms with Gasteiger partial charge in [-0.3, -0.25) is 10.1 Å². The Morgan fingerprint density at radius 3 is 2.27 bits per heavy atom. The first kappa shape index (κ1) is 23.4. The van der Waals surface area contributed by atoms with Crippen LogP contribution in [0.5, 0.6) is 5.88 Å². The number of nitro benzene ring substituents is 1. The predicted octanol–water partition coefficient (Wildman–Crippen LogP) is 9.24. The average molecular weight is 507 g/mol. The maximum Gasteiger partial charge on any atom is 0.269 e. The van der Waals surface area contributed by atoms with Gasteiger partial charge in [-0.05, 0) is 56.4 Å². The second-order valence-corrected chi connectivity index (χ2v) is 10.3. The number of unbranched alkanes of at least 4 members (excludes halogenated alkanes) is 3. The van der Waals surface area contributed by atoms with Crippen molar-refractivity contribution in [3.05, 3.63) is 89.0 Å². The molecule has 6 rings (SSSR count). The minimum absolute atomic E-state index is 0.0716. The third-order valence-corrected chi connectivity index (χ3v) is 8.05. The Morgan fingerprint density at radius 2 is 1.54 bits per heavy atom. The fourth-order valence-corrected chi connectivity index (χ4v) is 6.11. The van der Waals surface area contributed by atoms with Crippen LogP contribution in [0.3, 0.4) is 0 Å². The summed E-state index contributed by atoms with van der Waals surface area (Å²) < 4.78 is 6.21. The Labute approximate surface area is 218 Å². The lowest BCUT2D eigenvalue weighted by molar-refractivity contribution is -0.384. The topological polar surface area (TPSA) is 65.3 Å². The summed E-state index contributed by atoms with van der Waals surface area (Å²) in [7, 11) is 0. The number of rotatable bonds is 9. The van der Waals surface area contributed by atoms with Crippen LogP contribution in [0.4, 0.5) is 5.69 Å². The SMILES string of the molecule is CCCCCCOc1nc(-c2ccc3ccc4cccc5ccc2c3c45)sc1-c1ccc([N+](=O)[O-])cc1. The molecule has 0 saturated carbocycles. The minimum Gasteiger partial charge on any atom is -0.477 e. The van der Waals surface area contributed by atoms with Gasteiger partial charge >= 0.3 is 0 Å². The molecule has 0 N–H and O–H groups in total. The quantitative estimate of drug-likeness (QED) is 0.0848. The van der Waals surface area contributed by atoms with Crippen molar-refractivity contribution in [2.45, 2.75) is 32.6 Å². The molecule has 0 aliphatic rings. The predicted molar refractivity (Wildman–Crippen MR) is 153 cm³/mol. The van der Waals surface area contributed by atoms with Crippen molar-refractivity contribution < 1.29 is 9.66 Å². The minimum atomic E-state index is -0.377. The van der Waals surface area contributed by atoms with Crippen LogP contribution in [0.25, 0.3) is 53.3 Å². The van der Waals surface area contributed by atoms with Crippen molar-refractivity contribution in [2.75, 3.05) is 6.61 Å². The smallest absolute Gasteiger partial charge is 0.269 e. The van der Waals surface area contributed by atoms with E-state index in [4.69, 9.17) is 9.72 Å². The van der Waals surface area contributed by atoms with E-state index in [9.17, 15) is 10.1 Å². The zero-order valence-electron chi connectivity index (χ0n) is 20.6. The largest absolute Gasteiger partial charge is 0.477 e. The number of hydrogen-bond acceptors (Lipinski definition) is 5. The molecule has 0 fully saturated rings. The first-order valence-electron chi connectivity index (χ1n) is 12.7. The summed E-state index contributed by atoms with van der Waals surface area (Å²) >= 11 is 1.57. The molecule has 0 atom stereocenters. The van der Waals surface area contributed by atoms with Gasteiger partial charge in [-0.1, -0.05) is 80.8 Å². The summed E-state index contributed by atoms with van der Waals surface area (Å²) in [4.78, 5) is 16.7. The van der Waals surface area contributed by atoms with Gasteiger partial charge in [0, 0.05) is 17.7 Å². The molecule has 1 aromatic heterocycles. The second kappa shape index (κ2) is 9.79. The van der Waals surface area contributed by atoms with Gasteiger partial charge in [0.2, 0.25) is 5.88 Å². The Bertz CT molecular complexity index is 1710. The molecule has 6 aromatic rings. The number of nitrogens with zero attached hydrogens (tertiary/aromatic N) is 2. The van der Waals surface area contributed by atoms with Gasteiger partial charge in [0.15, 0.2) is 0 Å². The molecule has 0 unspecified atom stereocenters. The molecule has 37 heavy (non-hydrogen) atoms. The molecule has 5 nitrogen and oxygen atoms in total. The summed E-state index contributed by atoms with van der Waals surface area (Å²) in [5.41, 5.74) is 2.01. The van der Waals surface area contributed by atoms with Gasteiger partial charge in [0.25, 0.3) is 5.69 Å². The molecule has 6 heteroatoms. The molecule has 0 aliphatic heterocycles. The first-order chi connectivity index (χ1) is 18.1. The van der Waals surface area contributed by atoms with Gasteiger partial charge < -0.3 is 4.74 Å². The molecule has 0 radical (unpaired) electrons. The molecule has 0 amide bonds. The molecule has 184 valence electrons. The van der Waals surface area contributed by atoms with Crippen molar-refractivity contribution in [1.29, 1.82) is 0 Å². The number of ether oxygens (including phenoxy) is 1. The van der Waals surface area contributed by atoms with Crippen LogP contribution >= 0.6 is 11.3 Å². The Balaban J connectivity index is 1.47. The second-order valence-electron chi connectivity index (χ2n) is 9.34. The molecule has 0 saturated heterocycles. The van der Waals surface area contributed by atoms with Crippen LogP contribution in [0.15, 0.2) is 78.9 Å². The highest BCUT2D eigenvalue weighted by Crippen LogP contribution is 2.44. The third-order valence-electron chi connectivity index (χ3n) is 6.93. The van der Waals surface area contributed by atoms with Crippen LogP contribution in [0.1, 0.15) is 32.6 Å². The molecular weight excluding hydrogens is 480 g/mol. The molecule has 0 aliphatic carbocycles. The number of nitro groups is 1.